The Labute approximate surface area is 149 Å². The zero-order valence-corrected chi connectivity index (χ0v) is 14.8. The Kier molecular flexibility index (Phi) is 5.30. The maximum atomic E-state index is 12.1. The highest BCUT2D eigenvalue weighted by atomic mass is 79.9. The van der Waals surface area contributed by atoms with Crippen molar-refractivity contribution < 1.29 is 9.59 Å². The third-order valence-corrected chi connectivity index (χ3v) is 4.39. The van der Waals surface area contributed by atoms with E-state index >= 15 is 0 Å². The van der Waals surface area contributed by atoms with E-state index in [9.17, 15) is 9.59 Å². The van der Waals surface area contributed by atoms with Gasteiger partial charge in [-0.05, 0) is 55.2 Å². The molecule has 3 rings (SSSR count). The second kappa shape index (κ2) is 7.62. The molecule has 24 heavy (non-hydrogen) atoms. The normalized spacial score (nSPS) is 13.4. The highest BCUT2D eigenvalue weighted by Crippen LogP contribution is 2.30. The zero-order chi connectivity index (χ0) is 16.9. The van der Waals surface area contributed by atoms with Gasteiger partial charge in [0, 0.05) is 28.2 Å². The van der Waals surface area contributed by atoms with Crippen molar-refractivity contribution in [3.8, 4) is 0 Å². The van der Waals surface area contributed by atoms with Crippen LogP contribution >= 0.6 is 15.9 Å². The summed E-state index contributed by atoms with van der Waals surface area (Å²) in [6, 6.07) is 15.2. The van der Waals surface area contributed by atoms with Gasteiger partial charge < -0.3 is 10.6 Å². The average Bonchev–Trinajstić information content (AvgIpc) is 3.38. The van der Waals surface area contributed by atoms with Crippen LogP contribution < -0.4 is 10.6 Å². The SMILES string of the molecule is O=C(CCc1cccc(Br)c1)Nc1cccc(NC(=O)C2CC2)c1. The van der Waals surface area contributed by atoms with Crippen LogP contribution in [0.1, 0.15) is 24.8 Å². The first-order chi connectivity index (χ1) is 11.6. The molecule has 0 aliphatic heterocycles. The number of amides is 2. The van der Waals surface area contributed by atoms with Gasteiger partial charge in [0.15, 0.2) is 0 Å². The number of hydrogen-bond donors (Lipinski definition) is 2. The van der Waals surface area contributed by atoms with Gasteiger partial charge in [-0.1, -0.05) is 34.1 Å². The fraction of sp³-hybridized carbons (Fsp3) is 0.263. The van der Waals surface area contributed by atoms with Crippen molar-refractivity contribution in [2.24, 2.45) is 5.92 Å². The lowest BCUT2D eigenvalue weighted by Crippen LogP contribution is -2.15. The number of halogens is 1. The molecular weight excluding hydrogens is 368 g/mol. The minimum absolute atomic E-state index is 0.0411. The summed E-state index contributed by atoms with van der Waals surface area (Å²) in [7, 11) is 0. The summed E-state index contributed by atoms with van der Waals surface area (Å²) in [4.78, 5) is 23.9. The molecule has 0 spiro atoms. The summed E-state index contributed by atoms with van der Waals surface area (Å²) in [6.07, 6.45) is 3.04. The summed E-state index contributed by atoms with van der Waals surface area (Å²) in [6.45, 7) is 0. The number of aryl methyl sites for hydroxylation is 1. The predicted octanol–water partition coefficient (Wildman–Crippen LogP) is 4.37. The van der Waals surface area contributed by atoms with Gasteiger partial charge in [0.05, 0.1) is 0 Å². The Hall–Kier alpha value is -2.14. The van der Waals surface area contributed by atoms with Crippen molar-refractivity contribution in [1.29, 1.82) is 0 Å². The number of nitrogens with one attached hydrogen (secondary N) is 2. The lowest BCUT2D eigenvalue weighted by molar-refractivity contribution is -0.117. The van der Waals surface area contributed by atoms with E-state index < -0.39 is 0 Å². The summed E-state index contributed by atoms with van der Waals surface area (Å²) in [5.74, 6) is 0.183. The van der Waals surface area contributed by atoms with Crippen molar-refractivity contribution in [1.82, 2.24) is 0 Å². The van der Waals surface area contributed by atoms with Crippen LogP contribution in [0.5, 0.6) is 0 Å². The maximum absolute atomic E-state index is 12.1. The maximum Gasteiger partial charge on any atom is 0.227 e. The topological polar surface area (TPSA) is 58.2 Å². The minimum atomic E-state index is -0.0411. The van der Waals surface area contributed by atoms with Gasteiger partial charge in [0.1, 0.15) is 0 Å². The molecule has 1 fully saturated rings. The van der Waals surface area contributed by atoms with E-state index in [0.717, 1.165) is 28.6 Å². The standard InChI is InChI=1S/C19H19BrN2O2/c20-15-4-1-3-13(11-15)7-10-18(23)21-16-5-2-6-17(12-16)22-19(24)14-8-9-14/h1-6,11-12,14H,7-10H2,(H,21,23)(H,22,24). The molecule has 0 radical (unpaired) electrons. The first kappa shape index (κ1) is 16.7. The Morgan fingerprint density at radius 3 is 2.42 bits per heavy atom. The van der Waals surface area contributed by atoms with Crippen LogP contribution in [-0.2, 0) is 16.0 Å². The molecule has 0 aromatic heterocycles. The molecule has 1 aliphatic rings. The fourth-order valence-corrected chi connectivity index (χ4v) is 2.89. The molecule has 5 heteroatoms. The van der Waals surface area contributed by atoms with Gasteiger partial charge in [-0.3, -0.25) is 9.59 Å². The molecular formula is C19H19BrN2O2. The zero-order valence-electron chi connectivity index (χ0n) is 13.2. The van der Waals surface area contributed by atoms with Crippen molar-refractivity contribution >= 4 is 39.1 Å². The number of carbonyl (C=O) groups is 2. The van der Waals surface area contributed by atoms with Crippen molar-refractivity contribution in [2.45, 2.75) is 25.7 Å². The van der Waals surface area contributed by atoms with E-state index in [4.69, 9.17) is 0 Å². The Bertz CT molecular complexity index is 757. The molecule has 2 amide bonds. The molecule has 0 atom stereocenters. The average molecular weight is 387 g/mol. The monoisotopic (exact) mass is 386 g/mol. The van der Waals surface area contributed by atoms with Crippen LogP contribution in [0.4, 0.5) is 11.4 Å². The molecule has 1 saturated carbocycles. The second-order valence-corrected chi connectivity index (χ2v) is 6.94. The molecule has 0 saturated heterocycles. The molecule has 0 bridgehead atoms. The number of rotatable bonds is 6. The van der Waals surface area contributed by atoms with Crippen LogP contribution in [0.2, 0.25) is 0 Å². The Morgan fingerprint density at radius 1 is 1.00 bits per heavy atom. The van der Waals surface area contributed by atoms with E-state index in [1.165, 1.54) is 0 Å². The largest absolute Gasteiger partial charge is 0.326 e. The number of benzene rings is 2. The van der Waals surface area contributed by atoms with E-state index in [2.05, 4.69) is 26.6 Å². The molecule has 4 nitrogen and oxygen atoms in total. The van der Waals surface area contributed by atoms with Gasteiger partial charge in [0.2, 0.25) is 11.8 Å². The van der Waals surface area contributed by atoms with Crippen LogP contribution in [0.15, 0.2) is 53.0 Å². The number of anilines is 2. The lowest BCUT2D eigenvalue weighted by Gasteiger charge is -2.09. The highest BCUT2D eigenvalue weighted by Gasteiger charge is 2.29. The minimum Gasteiger partial charge on any atom is -0.326 e. The Balaban J connectivity index is 1.53. The van der Waals surface area contributed by atoms with E-state index in [-0.39, 0.29) is 17.7 Å². The summed E-state index contributed by atoms with van der Waals surface area (Å²) in [5.41, 5.74) is 2.53. The van der Waals surface area contributed by atoms with Crippen LogP contribution in [0.3, 0.4) is 0 Å². The van der Waals surface area contributed by atoms with Gasteiger partial charge in [-0.15, -0.1) is 0 Å². The van der Waals surface area contributed by atoms with Gasteiger partial charge >= 0.3 is 0 Å². The van der Waals surface area contributed by atoms with E-state index in [1.54, 1.807) is 6.07 Å². The molecule has 0 heterocycles. The molecule has 2 aromatic carbocycles. The molecule has 124 valence electrons. The van der Waals surface area contributed by atoms with Gasteiger partial charge in [-0.2, -0.15) is 0 Å². The second-order valence-electron chi connectivity index (χ2n) is 6.02. The summed E-state index contributed by atoms with van der Waals surface area (Å²) >= 11 is 3.43. The van der Waals surface area contributed by atoms with Gasteiger partial charge in [0.25, 0.3) is 0 Å². The lowest BCUT2D eigenvalue weighted by atomic mass is 10.1. The number of carbonyl (C=O) groups excluding carboxylic acids is 2. The fourth-order valence-electron chi connectivity index (χ4n) is 2.44. The van der Waals surface area contributed by atoms with E-state index in [1.807, 2.05) is 42.5 Å². The highest BCUT2D eigenvalue weighted by molar-refractivity contribution is 9.10. The van der Waals surface area contributed by atoms with Crippen molar-refractivity contribution in [3.63, 3.8) is 0 Å². The van der Waals surface area contributed by atoms with Gasteiger partial charge in [-0.25, -0.2) is 0 Å². The van der Waals surface area contributed by atoms with E-state index in [0.29, 0.717) is 18.5 Å². The summed E-state index contributed by atoms with van der Waals surface area (Å²) < 4.78 is 1.01. The van der Waals surface area contributed by atoms with Crippen molar-refractivity contribution in [3.05, 3.63) is 58.6 Å². The quantitative estimate of drug-likeness (QED) is 0.774. The Morgan fingerprint density at radius 2 is 1.71 bits per heavy atom. The molecule has 0 unspecified atom stereocenters. The molecule has 1 aliphatic carbocycles. The third-order valence-electron chi connectivity index (χ3n) is 3.89. The van der Waals surface area contributed by atoms with Crippen LogP contribution in [0, 0.1) is 5.92 Å². The molecule has 2 aromatic rings. The predicted molar refractivity (Wildman–Crippen MR) is 98.9 cm³/mol. The smallest absolute Gasteiger partial charge is 0.227 e. The van der Waals surface area contributed by atoms with Crippen LogP contribution in [0.25, 0.3) is 0 Å². The molecule has 2 N–H and O–H groups in total. The third kappa shape index (κ3) is 4.93. The number of hydrogen-bond acceptors (Lipinski definition) is 2. The first-order valence-corrected chi connectivity index (χ1v) is 8.85. The first-order valence-electron chi connectivity index (χ1n) is 8.05. The van der Waals surface area contributed by atoms with Crippen LogP contribution in [-0.4, -0.2) is 11.8 Å². The summed E-state index contributed by atoms with van der Waals surface area (Å²) in [5, 5.41) is 5.77. The van der Waals surface area contributed by atoms with Crippen molar-refractivity contribution in [2.75, 3.05) is 10.6 Å².